The van der Waals surface area contributed by atoms with E-state index in [0.29, 0.717) is 0 Å². The van der Waals surface area contributed by atoms with Gasteiger partial charge in [0.15, 0.2) is 0 Å². The van der Waals surface area contributed by atoms with Crippen LogP contribution in [0.2, 0.25) is 0 Å². The number of fused-ring (bicyclic) bond motifs is 10. The number of hydrogen-bond acceptors (Lipinski definition) is 2. The first kappa shape index (κ1) is 33.7. The van der Waals surface area contributed by atoms with Crippen molar-refractivity contribution in [3.05, 3.63) is 205 Å². The van der Waals surface area contributed by atoms with Gasteiger partial charge in [0.05, 0.1) is 22.2 Å². The molecule has 9 aromatic carbocycles. The highest BCUT2D eigenvalue weighted by molar-refractivity contribution is 7.26. The number of para-hydroxylation sites is 2. The molecule has 0 unspecified atom stereocenters. The van der Waals surface area contributed by atoms with Crippen LogP contribution in [0.3, 0.4) is 0 Å². The zero-order valence-electron chi connectivity index (χ0n) is 33.3. The van der Waals surface area contributed by atoms with Crippen molar-refractivity contribution in [2.24, 2.45) is 0 Å². The maximum Gasteiger partial charge on any atom is 0.0619 e. The molecule has 282 valence electrons. The van der Waals surface area contributed by atoms with Gasteiger partial charge in [-0.25, -0.2) is 0 Å². The molecule has 60 heavy (non-hydrogen) atoms. The molecule has 0 spiro atoms. The van der Waals surface area contributed by atoms with E-state index in [2.05, 4.69) is 217 Å². The van der Waals surface area contributed by atoms with Crippen molar-refractivity contribution >= 4 is 97.4 Å². The van der Waals surface area contributed by atoms with E-state index in [1.807, 2.05) is 11.3 Å². The highest BCUT2D eigenvalue weighted by Crippen LogP contribution is 2.54. The van der Waals surface area contributed by atoms with Crippen LogP contribution in [0.25, 0.3) is 91.3 Å². The van der Waals surface area contributed by atoms with Crippen LogP contribution in [-0.4, -0.2) is 4.40 Å². The highest BCUT2D eigenvalue weighted by atomic mass is 32.1. The predicted molar refractivity (Wildman–Crippen MR) is 258 cm³/mol. The third-order valence-electron chi connectivity index (χ3n) is 13.3. The molecule has 0 atom stereocenters. The molecular formula is C57H38N2S. The first-order chi connectivity index (χ1) is 29.5. The second kappa shape index (κ2) is 12.4. The third kappa shape index (κ3) is 4.58. The monoisotopic (exact) mass is 782 g/mol. The molecule has 0 bridgehead atoms. The van der Waals surface area contributed by atoms with E-state index in [-0.39, 0.29) is 5.41 Å². The number of rotatable bonds is 4. The summed E-state index contributed by atoms with van der Waals surface area (Å²) in [6.45, 7) is 4.73. The molecule has 12 aromatic rings. The molecule has 0 radical (unpaired) electrons. The van der Waals surface area contributed by atoms with E-state index in [4.69, 9.17) is 0 Å². The maximum atomic E-state index is 2.55. The minimum absolute atomic E-state index is 0.119. The number of hydrogen-bond donors (Lipinski definition) is 0. The van der Waals surface area contributed by atoms with Gasteiger partial charge in [0.2, 0.25) is 0 Å². The van der Waals surface area contributed by atoms with Crippen LogP contribution in [0.5, 0.6) is 0 Å². The second-order valence-corrected chi connectivity index (χ2v) is 17.9. The zero-order valence-corrected chi connectivity index (χ0v) is 34.1. The van der Waals surface area contributed by atoms with Crippen molar-refractivity contribution in [1.82, 2.24) is 4.40 Å². The van der Waals surface area contributed by atoms with Gasteiger partial charge < -0.3 is 9.30 Å². The lowest BCUT2D eigenvalue weighted by atomic mass is 9.82. The van der Waals surface area contributed by atoms with Crippen molar-refractivity contribution in [2.75, 3.05) is 4.90 Å². The summed E-state index contributed by atoms with van der Waals surface area (Å²) in [7, 11) is 0. The molecule has 0 amide bonds. The lowest BCUT2D eigenvalue weighted by Gasteiger charge is -2.29. The Morgan fingerprint density at radius 2 is 1.00 bits per heavy atom. The molecule has 0 fully saturated rings. The van der Waals surface area contributed by atoms with Gasteiger partial charge in [-0.3, -0.25) is 0 Å². The molecule has 1 aliphatic carbocycles. The summed E-state index contributed by atoms with van der Waals surface area (Å²) in [5, 5.41) is 10.3. The Kier molecular flexibility index (Phi) is 6.98. The van der Waals surface area contributed by atoms with Gasteiger partial charge in [-0.15, -0.1) is 11.3 Å². The van der Waals surface area contributed by atoms with E-state index in [0.717, 1.165) is 11.4 Å². The van der Waals surface area contributed by atoms with Crippen molar-refractivity contribution < 1.29 is 0 Å². The Balaban J connectivity index is 1.14. The Morgan fingerprint density at radius 1 is 0.433 bits per heavy atom. The average Bonchev–Trinajstić information content (AvgIpc) is 3.93. The topological polar surface area (TPSA) is 7.65 Å². The summed E-state index contributed by atoms with van der Waals surface area (Å²) in [5.41, 5.74) is 14.7. The first-order valence-corrected chi connectivity index (χ1v) is 21.7. The van der Waals surface area contributed by atoms with Crippen molar-refractivity contribution in [2.45, 2.75) is 19.3 Å². The van der Waals surface area contributed by atoms with E-state index in [1.165, 1.54) is 108 Å². The Bertz CT molecular complexity index is 3740. The van der Waals surface area contributed by atoms with Crippen LogP contribution < -0.4 is 4.90 Å². The van der Waals surface area contributed by atoms with Crippen molar-refractivity contribution in [3.8, 4) is 22.3 Å². The number of aromatic nitrogens is 1. The molecule has 13 rings (SSSR count). The van der Waals surface area contributed by atoms with Crippen LogP contribution in [0.4, 0.5) is 17.1 Å². The van der Waals surface area contributed by atoms with E-state index in [9.17, 15) is 0 Å². The van der Waals surface area contributed by atoms with Gasteiger partial charge in [0.1, 0.15) is 0 Å². The number of benzene rings is 9. The smallest absolute Gasteiger partial charge is 0.0619 e. The molecule has 3 heteroatoms. The fourth-order valence-corrected chi connectivity index (χ4v) is 11.8. The van der Waals surface area contributed by atoms with Crippen LogP contribution >= 0.6 is 11.3 Å². The van der Waals surface area contributed by atoms with Gasteiger partial charge in [-0.2, -0.15) is 0 Å². The van der Waals surface area contributed by atoms with Crippen LogP contribution in [-0.2, 0) is 5.41 Å². The van der Waals surface area contributed by atoms with Gasteiger partial charge >= 0.3 is 0 Å². The van der Waals surface area contributed by atoms with Crippen molar-refractivity contribution in [1.29, 1.82) is 0 Å². The largest absolute Gasteiger partial charge is 0.310 e. The normalized spacial score (nSPS) is 13.3. The fourth-order valence-electron chi connectivity index (χ4n) is 10.7. The van der Waals surface area contributed by atoms with E-state index in [1.54, 1.807) is 0 Å². The van der Waals surface area contributed by atoms with Crippen LogP contribution in [0.15, 0.2) is 194 Å². The predicted octanol–water partition coefficient (Wildman–Crippen LogP) is 16.4. The minimum Gasteiger partial charge on any atom is -0.310 e. The number of anilines is 3. The fraction of sp³-hybridized carbons (Fsp3) is 0.0526. The average molecular weight is 783 g/mol. The summed E-state index contributed by atoms with van der Waals surface area (Å²) in [4.78, 5) is 2.49. The molecule has 0 N–H and O–H groups in total. The molecule has 0 aliphatic heterocycles. The molecule has 3 aromatic heterocycles. The standard InChI is InChI=1S/C57H38N2S/c1-57(2)46-22-8-6-17-44(46)53-47(57)23-13-25-50(53)58(37-30-28-36(29-31-37)35-14-4-3-5-15-35)38-32-33-49-45(34-38)43-21-10-20-42-41-19-12-27-52-55(41)54-40(18-11-26-51(54)60-52)39-16-7-9-24-48(39)59(49)56(42)43/h3-34H,1-2H3. The number of nitrogens with zero attached hydrogens (tertiary/aromatic N) is 2. The molecular weight excluding hydrogens is 745 g/mol. The van der Waals surface area contributed by atoms with E-state index >= 15 is 0 Å². The lowest BCUT2D eigenvalue weighted by Crippen LogP contribution is -2.16. The van der Waals surface area contributed by atoms with Gasteiger partial charge in [0, 0.05) is 64.1 Å². The summed E-state index contributed by atoms with van der Waals surface area (Å²) < 4.78 is 5.20. The molecule has 0 saturated carbocycles. The molecule has 1 aliphatic rings. The van der Waals surface area contributed by atoms with Gasteiger partial charge in [-0.05, 0) is 93.2 Å². The number of thiophene rings is 1. The lowest BCUT2D eigenvalue weighted by molar-refractivity contribution is 0.660. The zero-order chi connectivity index (χ0) is 39.7. The minimum atomic E-state index is -0.119. The van der Waals surface area contributed by atoms with Gasteiger partial charge in [0.25, 0.3) is 0 Å². The summed E-state index contributed by atoms with van der Waals surface area (Å²) in [5.74, 6) is 0. The molecule has 2 nitrogen and oxygen atoms in total. The first-order valence-electron chi connectivity index (χ1n) is 20.9. The summed E-state index contributed by atoms with van der Waals surface area (Å²) in [6.07, 6.45) is 0. The second-order valence-electron chi connectivity index (χ2n) is 16.8. The molecule has 0 saturated heterocycles. The highest BCUT2D eigenvalue weighted by Gasteiger charge is 2.37. The molecule has 3 heterocycles. The van der Waals surface area contributed by atoms with Crippen molar-refractivity contribution in [3.63, 3.8) is 0 Å². The van der Waals surface area contributed by atoms with Crippen LogP contribution in [0, 0.1) is 0 Å². The maximum absolute atomic E-state index is 2.55. The Labute approximate surface area is 351 Å². The Hall–Kier alpha value is -7.20. The SMILES string of the molecule is CC1(C)c2ccccc2-c2c(N(c3ccc(-c4ccccc4)cc3)c3ccc4c(c3)c3cccc5c6cccc7sc8cccc(c9ccccc9n4c53)c8c76)cccc21. The third-order valence-corrected chi connectivity index (χ3v) is 14.5. The summed E-state index contributed by atoms with van der Waals surface area (Å²) >= 11 is 1.90. The quantitative estimate of drug-likeness (QED) is 0.173. The van der Waals surface area contributed by atoms with E-state index < -0.39 is 0 Å². The van der Waals surface area contributed by atoms with Crippen LogP contribution in [0.1, 0.15) is 25.0 Å². The Morgan fingerprint density at radius 3 is 1.80 bits per heavy atom. The van der Waals surface area contributed by atoms with Gasteiger partial charge in [-0.1, -0.05) is 153 Å². The summed E-state index contributed by atoms with van der Waals surface area (Å²) in [6, 6.07) is 72.4.